The topological polar surface area (TPSA) is 23.5 Å². The van der Waals surface area contributed by atoms with Gasteiger partial charge < -0.3 is 10.0 Å². The van der Waals surface area contributed by atoms with Gasteiger partial charge in [-0.05, 0) is 45.0 Å². The summed E-state index contributed by atoms with van der Waals surface area (Å²) in [6.45, 7) is 6.35. The van der Waals surface area contributed by atoms with Crippen molar-refractivity contribution in [2.24, 2.45) is 0 Å². The molecule has 0 bridgehead atoms. The van der Waals surface area contributed by atoms with Crippen LogP contribution in [0.3, 0.4) is 0 Å². The van der Waals surface area contributed by atoms with Gasteiger partial charge in [0, 0.05) is 5.54 Å². The van der Waals surface area contributed by atoms with Gasteiger partial charge in [-0.25, -0.2) is 0 Å². The Morgan fingerprint density at radius 2 is 1.71 bits per heavy atom. The van der Waals surface area contributed by atoms with Gasteiger partial charge in [0.2, 0.25) is 0 Å². The first-order valence-corrected chi connectivity index (χ1v) is 6.40. The summed E-state index contributed by atoms with van der Waals surface area (Å²) in [6.07, 6.45) is 1.44. The molecule has 0 heterocycles. The molecular weight excluding hydrogens is 210 g/mol. The fourth-order valence-electron chi connectivity index (χ4n) is 2.70. The van der Waals surface area contributed by atoms with E-state index < -0.39 is 6.10 Å². The maximum atomic E-state index is 10.7. The Morgan fingerprint density at radius 1 is 1.18 bits per heavy atom. The van der Waals surface area contributed by atoms with Crippen LogP contribution in [0.1, 0.15) is 43.9 Å². The molecule has 0 amide bonds. The number of nitrogens with zero attached hydrogens (tertiary/aromatic N) is 1. The summed E-state index contributed by atoms with van der Waals surface area (Å²) >= 11 is 0. The Kier molecular flexibility index (Phi) is 4.72. The molecule has 0 radical (unpaired) electrons. The van der Waals surface area contributed by atoms with Crippen LogP contribution in [-0.4, -0.2) is 29.6 Å². The van der Waals surface area contributed by atoms with Crippen LogP contribution in [0.25, 0.3) is 0 Å². The van der Waals surface area contributed by atoms with Crippen molar-refractivity contribution in [1.29, 1.82) is 0 Å². The van der Waals surface area contributed by atoms with Gasteiger partial charge in [-0.1, -0.05) is 38.1 Å². The van der Waals surface area contributed by atoms with Gasteiger partial charge in [0.25, 0.3) is 0 Å². The summed E-state index contributed by atoms with van der Waals surface area (Å²) in [5.74, 6) is 0. The largest absolute Gasteiger partial charge is 0.386 e. The molecule has 0 aliphatic rings. The normalized spacial score (nSPS) is 14.1. The molecule has 96 valence electrons. The lowest BCUT2D eigenvalue weighted by Gasteiger charge is -2.43. The molecule has 17 heavy (non-hydrogen) atoms. The van der Waals surface area contributed by atoms with E-state index in [0.29, 0.717) is 0 Å². The molecule has 0 saturated heterocycles. The SMILES string of the molecule is CCC(CC)(C(O)c1ccccc1C)N(C)C. The maximum absolute atomic E-state index is 10.7. The zero-order valence-corrected chi connectivity index (χ0v) is 11.7. The van der Waals surface area contributed by atoms with Gasteiger partial charge in [0.1, 0.15) is 0 Å². The van der Waals surface area contributed by atoms with Crippen molar-refractivity contribution >= 4 is 0 Å². The first-order chi connectivity index (χ1) is 7.99. The number of aliphatic hydroxyl groups is 1. The van der Waals surface area contributed by atoms with E-state index in [1.807, 2.05) is 18.2 Å². The summed E-state index contributed by atoms with van der Waals surface area (Å²) in [6, 6.07) is 8.10. The molecule has 2 heteroatoms. The summed E-state index contributed by atoms with van der Waals surface area (Å²) in [4.78, 5) is 2.16. The number of aryl methyl sites for hydroxylation is 1. The van der Waals surface area contributed by atoms with Crippen LogP contribution in [0.15, 0.2) is 24.3 Å². The summed E-state index contributed by atoms with van der Waals surface area (Å²) < 4.78 is 0. The lowest BCUT2D eigenvalue weighted by molar-refractivity contribution is -0.0152. The van der Waals surface area contributed by atoms with E-state index in [9.17, 15) is 5.11 Å². The fraction of sp³-hybridized carbons (Fsp3) is 0.600. The lowest BCUT2D eigenvalue weighted by atomic mass is 9.80. The highest BCUT2D eigenvalue weighted by molar-refractivity contribution is 5.30. The Bertz CT molecular complexity index is 356. The molecule has 2 nitrogen and oxygen atoms in total. The highest BCUT2D eigenvalue weighted by Crippen LogP contribution is 2.36. The zero-order chi connectivity index (χ0) is 13.1. The molecule has 1 rings (SSSR count). The first-order valence-electron chi connectivity index (χ1n) is 6.40. The van der Waals surface area contributed by atoms with E-state index in [4.69, 9.17) is 0 Å². The number of hydrogen-bond donors (Lipinski definition) is 1. The van der Waals surface area contributed by atoms with Crippen molar-refractivity contribution in [3.05, 3.63) is 35.4 Å². The predicted octanol–water partition coefficient (Wildman–Crippen LogP) is 3.15. The van der Waals surface area contributed by atoms with Crippen LogP contribution >= 0.6 is 0 Å². The van der Waals surface area contributed by atoms with Gasteiger partial charge >= 0.3 is 0 Å². The van der Waals surface area contributed by atoms with Crippen molar-refractivity contribution in [1.82, 2.24) is 4.90 Å². The average molecular weight is 235 g/mol. The van der Waals surface area contributed by atoms with Gasteiger partial charge in [-0.3, -0.25) is 0 Å². The number of aliphatic hydroxyl groups excluding tert-OH is 1. The summed E-state index contributed by atoms with van der Waals surface area (Å²) in [7, 11) is 4.10. The monoisotopic (exact) mass is 235 g/mol. The van der Waals surface area contributed by atoms with E-state index in [1.54, 1.807) is 0 Å². The second-order valence-electron chi connectivity index (χ2n) is 4.96. The molecule has 0 aromatic heterocycles. The van der Waals surface area contributed by atoms with E-state index in [1.165, 1.54) is 0 Å². The molecule has 0 aliphatic carbocycles. The minimum atomic E-state index is -0.436. The first kappa shape index (κ1) is 14.2. The molecule has 1 atom stereocenters. The van der Waals surface area contributed by atoms with Crippen LogP contribution < -0.4 is 0 Å². The second kappa shape index (κ2) is 5.65. The van der Waals surface area contributed by atoms with Crippen LogP contribution in [0.4, 0.5) is 0 Å². The van der Waals surface area contributed by atoms with Gasteiger partial charge in [-0.15, -0.1) is 0 Å². The molecule has 0 aliphatic heterocycles. The second-order valence-corrected chi connectivity index (χ2v) is 4.96. The highest BCUT2D eigenvalue weighted by atomic mass is 16.3. The molecule has 1 unspecified atom stereocenters. The molecular formula is C15H25NO. The molecule has 0 saturated carbocycles. The molecule has 1 aromatic rings. The third-order valence-electron chi connectivity index (χ3n) is 4.11. The maximum Gasteiger partial charge on any atom is 0.0975 e. The standard InChI is InChI=1S/C15H25NO/c1-6-15(7-2,16(4)5)14(17)13-11-9-8-10-12(13)3/h8-11,14,17H,6-7H2,1-5H3. The van der Waals surface area contributed by atoms with Crippen LogP contribution in [0, 0.1) is 6.92 Å². The van der Waals surface area contributed by atoms with E-state index >= 15 is 0 Å². The van der Waals surface area contributed by atoms with Crippen molar-refractivity contribution < 1.29 is 5.11 Å². The Balaban J connectivity index is 3.17. The Hall–Kier alpha value is -0.860. The summed E-state index contributed by atoms with van der Waals surface area (Å²) in [5, 5.41) is 10.7. The van der Waals surface area contributed by atoms with Crippen molar-refractivity contribution in [3.8, 4) is 0 Å². The number of hydrogen-bond acceptors (Lipinski definition) is 2. The van der Waals surface area contributed by atoms with E-state index in [0.717, 1.165) is 24.0 Å². The average Bonchev–Trinajstić information content (AvgIpc) is 2.31. The van der Waals surface area contributed by atoms with Gasteiger partial charge in [0.15, 0.2) is 0 Å². The van der Waals surface area contributed by atoms with Crippen molar-refractivity contribution in [3.63, 3.8) is 0 Å². The third-order valence-corrected chi connectivity index (χ3v) is 4.11. The molecule has 1 aromatic carbocycles. The molecule has 1 N–H and O–H groups in total. The third kappa shape index (κ3) is 2.53. The Labute approximate surface area is 105 Å². The number of likely N-dealkylation sites (N-methyl/N-ethyl adjacent to an activating group) is 1. The van der Waals surface area contributed by atoms with Crippen LogP contribution in [-0.2, 0) is 0 Å². The predicted molar refractivity (Wildman–Crippen MR) is 73.1 cm³/mol. The van der Waals surface area contributed by atoms with Crippen molar-refractivity contribution in [2.75, 3.05) is 14.1 Å². The highest BCUT2D eigenvalue weighted by Gasteiger charge is 2.38. The Morgan fingerprint density at radius 3 is 2.12 bits per heavy atom. The minimum Gasteiger partial charge on any atom is -0.386 e. The lowest BCUT2D eigenvalue weighted by Crippen LogP contribution is -2.48. The van der Waals surface area contributed by atoms with Crippen LogP contribution in [0.2, 0.25) is 0 Å². The van der Waals surface area contributed by atoms with Crippen molar-refractivity contribution in [2.45, 2.75) is 45.3 Å². The quantitative estimate of drug-likeness (QED) is 0.847. The molecule has 0 spiro atoms. The number of rotatable bonds is 5. The van der Waals surface area contributed by atoms with Gasteiger partial charge in [-0.2, -0.15) is 0 Å². The van der Waals surface area contributed by atoms with Gasteiger partial charge in [0.05, 0.1) is 6.10 Å². The summed E-state index contributed by atoms with van der Waals surface area (Å²) in [5.41, 5.74) is 2.03. The van der Waals surface area contributed by atoms with E-state index in [2.05, 4.69) is 45.8 Å². The van der Waals surface area contributed by atoms with Crippen LogP contribution in [0.5, 0.6) is 0 Å². The fourth-order valence-corrected chi connectivity index (χ4v) is 2.70. The number of benzene rings is 1. The zero-order valence-electron chi connectivity index (χ0n) is 11.7. The minimum absolute atomic E-state index is 0.174. The van der Waals surface area contributed by atoms with E-state index in [-0.39, 0.29) is 5.54 Å². The smallest absolute Gasteiger partial charge is 0.0975 e. The molecule has 0 fully saturated rings.